The summed E-state index contributed by atoms with van der Waals surface area (Å²) in [5.74, 6) is 0.268. The summed E-state index contributed by atoms with van der Waals surface area (Å²) in [4.78, 5) is 13.3. The number of hydrogen-bond donors (Lipinski definition) is 1. The highest BCUT2D eigenvalue weighted by atomic mass is 35.5. The van der Waals surface area contributed by atoms with E-state index in [0.29, 0.717) is 5.02 Å². The summed E-state index contributed by atoms with van der Waals surface area (Å²) in [6.45, 7) is 0. The predicted molar refractivity (Wildman–Crippen MR) is 59.5 cm³/mol. The SMILES string of the molecule is O=P(O)(Oc1ccc(Cl)cc1)n1ccnc1. The van der Waals surface area contributed by atoms with Crippen LogP contribution in [0.1, 0.15) is 0 Å². The first-order valence-electron chi connectivity index (χ1n) is 4.35. The monoisotopic (exact) mass is 258 g/mol. The predicted octanol–water partition coefficient (Wildman–Crippen LogP) is 2.56. The van der Waals surface area contributed by atoms with E-state index < -0.39 is 7.75 Å². The molecule has 0 amide bonds. The van der Waals surface area contributed by atoms with E-state index in [2.05, 4.69) is 4.98 Å². The maximum atomic E-state index is 11.8. The summed E-state index contributed by atoms with van der Waals surface area (Å²) in [6, 6.07) is 6.18. The average molecular weight is 259 g/mol. The molecule has 5 nitrogen and oxygen atoms in total. The molecule has 1 aromatic carbocycles. The van der Waals surface area contributed by atoms with E-state index in [1.165, 1.54) is 30.9 Å². The fourth-order valence-corrected chi connectivity index (χ4v) is 2.12. The van der Waals surface area contributed by atoms with Gasteiger partial charge in [0.2, 0.25) is 0 Å². The summed E-state index contributed by atoms with van der Waals surface area (Å²) in [5.41, 5.74) is 0. The van der Waals surface area contributed by atoms with E-state index in [9.17, 15) is 9.46 Å². The van der Waals surface area contributed by atoms with Crippen molar-refractivity contribution in [1.29, 1.82) is 0 Å². The number of aromatic nitrogens is 2. The molecule has 7 heteroatoms. The molecule has 0 fully saturated rings. The standard InChI is InChI=1S/C9H8ClN2O3P/c10-8-1-3-9(4-2-8)15-16(13,14)12-6-5-11-7-12/h1-7H,(H,13,14). The average Bonchev–Trinajstić information content (AvgIpc) is 2.75. The van der Waals surface area contributed by atoms with Crippen LogP contribution < -0.4 is 4.52 Å². The third kappa shape index (κ3) is 2.44. The molecule has 0 aliphatic heterocycles. The fraction of sp³-hybridized carbons (Fsp3) is 0. The van der Waals surface area contributed by atoms with Crippen molar-refractivity contribution in [1.82, 2.24) is 9.32 Å². The number of hydrogen-bond acceptors (Lipinski definition) is 3. The molecule has 0 aliphatic carbocycles. The van der Waals surface area contributed by atoms with Crippen LogP contribution in [0.3, 0.4) is 0 Å². The highest BCUT2D eigenvalue weighted by Gasteiger charge is 2.23. The molecule has 0 aliphatic rings. The molecule has 16 heavy (non-hydrogen) atoms. The quantitative estimate of drug-likeness (QED) is 0.860. The Morgan fingerprint density at radius 1 is 1.38 bits per heavy atom. The van der Waals surface area contributed by atoms with Crippen LogP contribution in [0.4, 0.5) is 0 Å². The summed E-state index contributed by atoms with van der Waals surface area (Å²) in [7, 11) is -3.92. The first kappa shape index (κ1) is 11.2. The number of nitrogens with zero attached hydrogens (tertiary/aromatic N) is 2. The molecule has 84 valence electrons. The first-order valence-corrected chi connectivity index (χ1v) is 6.25. The van der Waals surface area contributed by atoms with Gasteiger partial charge in [0.25, 0.3) is 0 Å². The third-order valence-electron chi connectivity index (χ3n) is 1.82. The van der Waals surface area contributed by atoms with Gasteiger partial charge in [-0.2, -0.15) is 0 Å². The van der Waals surface area contributed by atoms with Crippen LogP contribution in [0.25, 0.3) is 0 Å². The lowest BCUT2D eigenvalue weighted by Gasteiger charge is -2.13. The van der Waals surface area contributed by atoms with Crippen LogP contribution in [0, 0.1) is 0 Å². The van der Waals surface area contributed by atoms with Crippen molar-refractivity contribution in [2.24, 2.45) is 0 Å². The molecule has 1 N–H and O–H groups in total. The maximum Gasteiger partial charge on any atom is 0.491 e. The molecule has 0 saturated carbocycles. The first-order chi connectivity index (χ1) is 7.58. The van der Waals surface area contributed by atoms with Crippen LogP contribution >= 0.6 is 19.3 Å². The van der Waals surface area contributed by atoms with Gasteiger partial charge in [-0.3, -0.25) is 4.89 Å². The molecule has 0 saturated heterocycles. The highest BCUT2D eigenvalue weighted by molar-refractivity contribution is 7.51. The minimum Gasteiger partial charge on any atom is -0.409 e. The smallest absolute Gasteiger partial charge is 0.409 e. The van der Waals surface area contributed by atoms with Crippen LogP contribution in [-0.2, 0) is 4.57 Å². The fourth-order valence-electron chi connectivity index (χ4n) is 1.08. The van der Waals surface area contributed by atoms with E-state index in [0.717, 1.165) is 4.34 Å². The largest absolute Gasteiger partial charge is 0.491 e. The van der Waals surface area contributed by atoms with Gasteiger partial charge < -0.3 is 4.52 Å². The van der Waals surface area contributed by atoms with Gasteiger partial charge in [0, 0.05) is 17.4 Å². The van der Waals surface area contributed by atoms with Gasteiger partial charge in [0.15, 0.2) is 0 Å². The molecule has 1 unspecified atom stereocenters. The molecule has 1 aromatic heterocycles. The van der Waals surface area contributed by atoms with Crippen LogP contribution in [-0.4, -0.2) is 14.2 Å². The van der Waals surface area contributed by atoms with Gasteiger partial charge in [-0.1, -0.05) is 11.6 Å². The lowest BCUT2D eigenvalue weighted by Crippen LogP contribution is -2.00. The van der Waals surface area contributed by atoms with Crippen molar-refractivity contribution in [3.8, 4) is 5.75 Å². The van der Waals surface area contributed by atoms with Crippen LogP contribution in [0.15, 0.2) is 43.0 Å². The summed E-state index contributed by atoms with van der Waals surface area (Å²) >= 11 is 5.68. The lowest BCUT2D eigenvalue weighted by atomic mass is 10.3. The second-order valence-corrected chi connectivity index (χ2v) is 5.04. The third-order valence-corrected chi connectivity index (χ3v) is 3.34. The maximum absolute atomic E-state index is 11.8. The van der Waals surface area contributed by atoms with Gasteiger partial charge >= 0.3 is 7.75 Å². The number of benzene rings is 1. The highest BCUT2D eigenvalue weighted by Crippen LogP contribution is 2.43. The summed E-state index contributed by atoms with van der Waals surface area (Å²) < 4.78 is 17.7. The molecule has 1 atom stereocenters. The zero-order chi connectivity index (χ0) is 11.6. The molecule has 1 heterocycles. The van der Waals surface area contributed by atoms with Gasteiger partial charge in [-0.25, -0.2) is 13.9 Å². The second kappa shape index (κ2) is 4.29. The van der Waals surface area contributed by atoms with Gasteiger partial charge in [0.05, 0.1) is 0 Å². The van der Waals surface area contributed by atoms with E-state index in [1.807, 2.05) is 0 Å². The van der Waals surface area contributed by atoms with Crippen molar-refractivity contribution in [3.63, 3.8) is 0 Å². The molecule has 2 rings (SSSR count). The Morgan fingerprint density at radius 2 is 2.06 bits per heavy atom. The van der Waals surface area contributed by atoms with Crippen molar-refractivity contribution < 1.29 is 14.0 Å². The van der Waals surface area contributed by atoms with Crippen LogP contribution in [0.2, 0.25) is 5.02 Å². The number of halogens is 1. The summed E-state index contributed by atoms with van der Waals surface area (Å²) in [6.07, 6.45) is 3.97. The minimum absolute atomic E-state index is 0.268. The normalized spacial score (nSPS) is 14.4. The topological polar surface area (TPSA) is 64.3 Å². The zero-order valence-corrected chi connectivity index (χ0v) is 9.68. The second-order valence-electron chi connectivity index (χ2n) is 2.98. The summed E-state index contributed by atoms with van der Waals surface area (Å²) in [5, 5.41) is 0.530. The lowest BCUT2D eigenvalue weighted by molar-refractivity contribution is 0.368. The molecular weight excluding hydrogens is 251 g/mol. The van der Waals surface area contributed by atoms with E-state index in [4.69, 9.17) is 16.1 Å². The Hall–Kier alpha value is -1.29. The van der Waals surface area contributed by atoms with Gasteiger partial charge in [-0.05, 0) is 24.3 Å². The van der Waals surface area contributed by atoms with E-state index in [1.54, 1.807) is 12.1 Å². The molecule has 0 bridgehead atoms. The number of imidazole rings is 1. The minimum atomic E-state index is -3.92. The van der Waals surface area contributed by atoms with Gasteiger partial charge in [0.1, 0.15) is 12.1 Å². The Bertz CT molecular complexity index is 512. The molecule has 0 radical (unpaired) electrons. The Morgan fingerprint density at radius 3 is 2.62 bits per heavy atom. The molecular formula is C9H8ClN2O3P. The van der Waals surface area contributed by atoms with E-state index >= 15 is 0 Å². The van der Waals surface area contributed by atoms with Crippen molar-refractivity contribution in [2.75, 3.05) is 0 Å². The van der Waals surface area contributed by atoms with Crippen molar-refractivity contribution in [3.05, 3.63) is 48.0 Å². The Kier molecular flexibility index (Phi) is 3.01. The van der Waals surface area contributed by atoms with E-state index in [-0.39, 0.29) is 5.75 Å². The zero-order valence-electron chi connectivity index (χ0n) is 8.02. The molecule has 2 aromatic rings. The Labute approximate surface area is 96.9 Å². The Balaban J connectivity index is 2.21. The van der Waals surface area contributed by atoms with Crippen molar-refractivity contribution >= 4 is 19.3 Å². The van der Waals surface area contributed by atoms with Gasteiger partial charge in [-0.15, -0.1) is 0 Å². The number of rotatable bonds is 3. The van der Waals surface area contributed by atoms with Crippen LogP contribution in [0.5, 0.6) is 5.75 Å². The molecule has 0 spiro atoms. The van der Waals surface area contributed by atoms with Crippen molar-refractivity contribution in [2.45, 2.75) is 0 Å².